The van der Waals surface area contributed by atoms with Crippen molar-refractivity contribution in [3.05, 3.63) is 94.7 Å². The van der Waals surface area contributed by atoms with Crippen molar-refractivity contribution < 1.29 is 13.9 Å². The number of fused-ring (bicyclic) bond motifs is 1. The van der Waals surface area contributed by atoms with E-state index in [4.69, 9.17) is 14.1 Å². The van der Waals surface area contributed by atoms with Gasteiger partial charge in [0.05, 0.1) is 42.1 Å². The summed E-state index contributed by atoms with van der Waals surface area (Å²) in [4.78, 5) is 33.2. The minimum Gasteiger partial charge on any atom is -0.467 e. The molecule has 7 nitrogen and oxygen atoms in total. The van der Waals surface area contributed by atoms with E-state index >= 15 is 0 Å². The highest BCUT2D eigenvalue weighted by atomic mass is 32.2. The monoisotopic (exact) mass is 489 g/mol. The lowest BCUT2D eigenvalue weighted by atomic mass is 10.2. The first-order valence-electron chi connectivity index (χ1n) is 11.8. The number of rotatable bonds is 9. The predicted octanol–water partition coefficient (Wildman–Crippen LogP) is 4.49. The molecule has 0 radical (unpaired) electrons. The number of ether oxygens (including phenoxy) is 1. The zero-order valence-corrected chi connectivity index (χ0v) is 20.2. The summed E-state index contributed by atoms with van der Waals surface area (Å²) in [5.41, 5.74) is 1.57. The van der Waals surface area contributed by atoms with E-state index in [1.54, 1.807) is 21.8 Å². The van der Waals surface area contributed by atoms with Crippen LogP contribution >= 0.6 is 11.8 Å². The molecule has 180 valence electrons. The molecule has 8 heteroatoms. The van der Waals surface area contributed by atoms with Gasteiger partial charge in [0.15, 0.2) is 5.16 Å². The lowest BCUT2D eigenvalue weighted by Gasteiger charge is -2.22. The molecular weight excluding hydrogens is 462 g/mol. The van der Waals surface area contributed by atoms with Crippen molar-refractivity contribution in [1.82, 2.24) is 14.5 Å². The summed E-state index contributed by atoms with van der Waals surface area (Å²) >= 11 is 1.29. The number of para-hydroxylation sites is 1. The average molecular weight is 490 g/mol. The molecule has 2 aromatic heterocycles. The van der Waals surface area contributed by atoms with Gasteiger partial charge in [-0.1, -0.05) is 54.2 Å². The maximum Gasteiger partial charge on any atom is 0.262 e. The second-order valence-corrected chi connectivity index (χ2v) is 9.51. The van der Waals surface area contributed by atoms with Gasteiger partial charge in [0, 0.05) is 13.2 Å². The van der Waals surface area contributed by atoms with Crippen LogP contribution in [0.4, 0.5) is 0 Å². The molecule has 1 saturated heterocycles. The normalized spacial score (nSPS) is 15.5. The number of hydrogen-bond acceptors (Lipinski definition) is 6. The highest BCUT2D eigenvalue weighted by molar-refractivity contribution is 7.99. The van der Waals surface area contributed by atoms with E-state index in [-0.39, 0.29) is 23.3 Å². The van der Waals surface area contributed by atoms with Crippen molar-refractivity contribution in [2.45, 2.75) is 43.7 Å². The fraction of sp³-hybridized carbons (Fsp3) is 0.296. The van der Waals surface area contributed by atoms with Gasteiger partial charge in [-0.15, -0.1) is 0 Å². The number of benzene rings is 2. The Labute approximate surface area is 207 Å². The largest absolute Gasteiger partial charge is 0.467 e. The number of furan rings is 1. The fourth-order valence-corrected chi connectivity index (χ4v) is 5.17. The summed E-state index contributed by atoms with van der Waals surface area (Å²) in [5, 5.41) is 1.11. The first-order chi connectivity index (χ1) is 17.2. The van der Waals surface area contributed by atoms with Crippen molar-refractivity contribution >= 4 is 28.6 Å². The van der Waals surface area contributed by atoms with Crippen LogP contribution in [-0.4, -0.2) is 38.8 Å². The van der Waals surface area contributed by atoms with E-state index in [0.717, 1.165) is 24.2 Å². The van der Waals surface area contributed by atoms with E-state index in [2.05, 4.69) is 0 Å². The third-order valence-electron chi connectivity index (χ3n) is 6.06. The molecule has 0 spiro atoms. The van der Waals surface area contributed by atoms with E-state index in [1.807, 2.05) is 60.7 Å². The van der Waals surface area contributed by atoms with Crippen molar-refractivity contribution in [2.75, 3.05) is 12.4 Å². The second kappa shape index (κ2) is 10.9. The zero-order chi connectivity index (χ0) is 24.0. The van der Waals surface area contributed by atoms with E-state index in [9.17, 15) is 9.59 Å². The van der Waals surface area contributed by atoms with Crippen LogP contribution in [0.25, 0.3) is 10.9 Å². The smallest absolute Gasteiger partial charge is 0.262 e. The Hall–Kier alpha value is -3.36. The third-order valence-corrected chi connectivity index (χ3v) is 7.02. The van der Waals surface area contributed by atoms with Crippen LogP contribution in [0.3, 0.4) is 0 Å². The molecule has 2 aromatic carbocycles. The lowest BCUT2D eigenvalue weighted by Crippen LogP contribution is -2.32. The Kier molecular flexibility index (Phi) is 7.30. The van der Waals surface area contributed by atoms with Crippen LogP contribution in [0, 0.1) is 0 Å². The Bertz CT molecular complexity index is 1330. The number of carbonyl (C=O) groups is 1. The summed E-state index contributed by atoms with van der Waals surface area (Å²) in [5.74, 6) is 0.823. The minimum atomic E-state index is -0.0993. The van der Waals surface area contributed by atoms with Gasteiger partial charge in [-0.2, -0.15) is 0 Å². The quantitative estimate of drug-likeness (QED) is 0.255. The second-order valence-electron chi connectivity index (χ2n) is 8.57. The van der Waals surface area contributed by atoms with Crippen LogP contribution in [0.5, 0.6) is 0 Å². The van der Waals surface area contributed by atoms with Crippen molar-refractivity contribution in [3.8, 4) is 0 Å². The molecule has 1 aliphatic heterocycles. The number of thioether (sulfide) groups is 1. The molecule has 1 aliphatic rings. The molecule has 4 aromatic rings. The van der Waals surface area contributed by atoms with Crippen LogP contribution in [-0.2, 0) is 29.2 Å². The molecule has 3 heterocycles. The van der Waals surface area contributed by atoms with Crippen molar-refractivity contribution in [3.63, 3.8) is 0 Å². The van der Waals surface area contributed by atoms with Gasteiger partial charge in [-0.05, 0) is 42.7 Å². The first kappa shape index (κ1) is 23.4. The van der Waals surface area contributed by atoms with Gasteiger partial charge >= 0.3 is 0 Å². The summed E-state index contributed by atoms with van der Waals surface area (Å²) < 4.78 is 13.0. The van der Waals surface area contributed by atoms with Gasteiger partial charge in [-0.25, -0.2) is 4.98 Å². The average Bonchev–Trinajstić information content (AvgIpc) is 3.59. The number of nitrogens with zero attached hydrogens (tertiary/aromatic N) is 3. The van der Waals surface area contributed by atoms with Crippen molar-refractivity contribution in [1.29, 1.82) is 0 Å². The molecule has 35 heavy (non-hydrogen) atoms. The number of amides is 1. The van der Waals surface area contributed by atoms with E-state index < -0.39 is 0 Å². The SMILES string of the molecule is O=C(CSc1nc2ccccc2c(=O)n1CC1CCCO1)N(Cc1ccccc1)Cc1ccco1. The highest BCUT2D eigenvalue weighted by Gasteiger charge is 2.22. The first-order valence-corrected chi connectivity index (χ1v) is 12.7. The van der Waals surface area contributed by atoms with Crippen LogP contribution < -0.4 is 5.56 Å². The Morgan fingerprint density at radius 2 is 1.89 bits per heavy atom. The summed E-state index contributed by atoms with van der Waals surface area (Å²) in [6.07, 6.45) is 3.50. The molecule has 0 saturated carbocycles. The number of aromatic nitrogens is 2. The topological polar surface area (TPSA) is 77.6 Å². The number of hydrogen-bond donors (Lipinski definition) is 0. The molecule has 1 fully saturated rings. The molecule has 0 N–H and O–H groups in total. The maximum absolute atomic E-state index is 13.4. The number of carbonyl (C=O) groups excluding carboxylic acids is 1. The standard InChI is InChI=1S/C27H27N3O4S/c31-25(29(17-21-10-6-14-33-21)16-20-8-2-1-3-9-20)19-35-27-28-24-13-5-4-12-23(24)26(32)30(27)18-22-11-7-15-34-22/h1-6,8-10,12-14,22H,7,11,15-19H2. The Balaban J connectivity index is 1.38. The molecule has 1 unspecified atom stereocenters. The van der Waals surface area contributed by atoms with Gasteiger partial charge < -0.3 is 14.1 Å². The van der Waals surface area contributed by atoms with Crippen LogP contribution in [0.1, 0.15) is 24.2 Å². The molecule has 1 amide bonds. The summed E-state index contributed by atoms with van der Waals surface area (Å²) in [7, 11) is 0. The zero-order valence-electron chi connectivity index (χ0n) is 19.3. The van der Waals surface area contributed by atoms with Gasteiger partial charge in [-0.3, -0.25) is 14.2 Å². The van der Waals surface area contributed by atoms with E-state index in [0.29, 0.717) is 42.3 Å². The van der Waals surface area contributed by atoms with Crippen LogP contribution in [0.2, 0.25) is 0 Å². The molecule has 5 rings (SSSR count). The maximum atomic E-state index is 13.4. The Morgan fingerprint density at radius 1 is 1.06 bits per heavy atom. The lowest BCUT2D eigenvalue weighted by molar-refractivity contribution is -0.129. The Morgan fingerprint density at radius 3 is 2.66 bits per heavy atom. The fourth-order valence-electron chi connectivity index (χ4n) is 4.26. The summed E-state index contributed by atoms with van der Waals surface area (Å²) in [6.45, 7) is 1.99. The minimum absolute atomic E-state index is 0.0146. The molecular formula is C27H27N3O4S. The molecule has 1 atom stereocenters. The summed E-state index contributed by atoms with van der Waals surface area (Å²) in [6, 6.07) is 20.9. The molecule has 0 aliphatic carbocycles. The van der Waals surface area contributed by atoms with E-state index in [1.165, 1.54) is 11.8 Å². The van der Waals surface area contributed by atoms with Gasteiger partial charge in [0.2, 0.25) is 5.91 Å². The third kappa shape index (κ3) is 5.66. The predicted molar refractivity (Wildman–Crippen MR) is 135 cm³/mol. The van der Waals surface area contributed by atoms with Crippen molar-refractivity contribution in [2.24, 2.45) is 0 Å². The van der Waals surface area contributed by atoms with Crippen LogP contribution in [0.15, 0.2) is 87.4 Å². The highest BCUT2D eigenvalue weighted by Crippen LogP contribution is 2.22. The van der Waals surface area contributed by atoms with Gasteiger partial charge in [0.1, 0.15) is 5.76 Å². The molecule has 0 bridgehead atoms. The van der Waals surface area contributed by atoms with Gasteiger partial charge in [0.25, 0.3) is 5.56 Å².